The molecule has 5 N–H and O–H groups in total. The normalized spacial score (nSPS) is 6.88. The van der Waals surface area contributed by atoms with Crippen molar-refractivity contribution in [2.45, 2.75) is 20.0 Å². The molecule has 0 atom stereocenters. The molecular weight excluding hydrogens is 238 g/mol. The maximum atomic E-state index is 9.13. The zero-order valence-corrected chi connectivity index (χ0v) is 14.2. The van der Waals surface area contributed by atoms with Crippen LogP contribution in [0.2, 0.25) is 0 Å². The Morgan fingerprint density at radius 3 is 1.12 bits per heavy atom. The Labute approximate surface area is 139 Å². The van der Waals surface area contributed by atoms with E-state index in [9.17, 15) is 0 Å². The predicted molar refractivity (Wildman–Crippen MR) is 45.5 cm³/mol. The maximum absolute atomic E-state index is 9.13. The number of nitrogens with two attached hydrogens (primary N) is 2. The minimum Gasteiger partial charge on any atom is -0.549 e. The molecular formula is C7H16N2Na2O5. The summed E-state index contributed by atoms with van der Waals surface area (Å²) in [5, 5.41) is 26.3. The molecule has 0 fully saturated rings. The Hall–Kier alpha value is 0.820. The molecule has 0 rings (SSSR count). The van der Waals surface area contributed by atoms with E-state index in [1.165, 1.54) is 0 Å². The second kappa shape index (κ2) is 24.9. The Balaban J connectivity index is -0.0000000358. The molecule has 0 amide bonds. The molecule has 0 radical (unpaired) electrons. The molecule has 0 aliphatic heterocycles. The average Bonchev–Trinajstić information content (AvgIpc) is 2.04. The van der Waals surface area contributed by atoms with Crippen LogP contribution in [0.4, 0.5) is 0 Å². The summed E-state index contributed by atoms with van der Waals surface area (Å²) < 4.78 is 0. The second-order valence-corrected chi connectivity index (χ2v) is 2.25. The van der Waals surface area contributed by atoms with E-state index in [2.05, 4.69) is 11.5 Å². The first-order chi connectivity index (χ1) is 6.27. The van der Waals surface area contributed by atoms with Crippen LogP contribution in [0, 0.1) is 0 Å². The first-order valence-corrected chi connectivity index (χ1v) is 3.75. The topological polar surface area (TPSA) is 153 Å². The van der Waals surface area contributed by atoms with Crippen LogP contribution in [0.25, 0.3) is 0 Å². The zero-order valence-electron chi connectivity index (χ0n) is 10.2. The van der Waals surface area contributed by atoms with Gasteiger partial charge >= 0.3 is 59.1 Å². The molecule has 9 heteroatoms. The minimum atomic E-state index is -1.22. The van der Waals surface area contributed by atoms with Gasteiger partial charge in [0.05, 0.1) is 11.9 Å². The van der Waals surface area contributed by atoms with Gasteiger partial charge in [0.1, 0.15) is 0 Å². The smallest absolute Gasteiger partial charge is 0.549 e. The van der Waals surface area contributed by atoms with Gasteiger partial charge < -0.3 is 36.4 Å². The third-order valence-corrected chi connectivity index (χ3v) is 0.333. The summed E-state index contributed by atoms with van der Waals surface area (Å²) in [6.07, 6.45) is -0.167. The van der Waals surface area contributed by atoms with Crippen molar-refractivity contribution in [2.75, 3.05) is 13.1 Å². The number of hydrogen-bond donors (Lipinski definition) is 3. The maximum Gasteiger partial charge on any atom is 1.00 e. The van der Waals surface area contributed by atoms with Crippen molar-refractivity contribution in [3.8, 4) is 0 Å². The summed E-state index contributed by atoms with van der Waals surface area (Å²) >= 11 is 0. The van der Waals surface area contributed by atoms with Crippen LogP contribution >= 0.6 is 0 Å². The van der Waals surface area contributed by atoms with Crippen LogP contribution in [0.15, 0.2) is 0 Å². The van der Waals surface area contributed by atoms with Gasteiger partial charge in [-0.15, -0.1) is 0 Å². The third kappa shape index (κ3) is 122. The number of carboxylic acids is 2. The van der Waals surface area contributed by atoms with Crippen LogP contribution in [0.3, 0.4) is 0 Å². The molecule has 7 nitrogen and oxygen atoms in total. The van der Waals surface area contributed by atoms with Crippen molar-refractivity contribution in [3.05, 3.63) is 0 Å². The van der Waals surface area contributed by atoms with Crippen LogP contribution in [-0.2, 0) is 9.59 Å². The van der Waals surface area contributed by atoms with Crippen molar-refractivity contribution in [1.82, 2.24) is 0 Å². The van der Waals surface area contributed by atoms with Gasteiger partial charge in [0.2, 0.25) is 0 Å². The standard InChI is InChI=1S/C3H8O.2C2H5NO2.2Na/c1-3(2)4;2*3-1-2(4)5;;/h3-4H,1-2H3;2*1,3H2,(H,4,5);;/q;;;2*+1/p-2. The van der Waals surface area contributed by atoms with Gasteiger partial charge in [0, 0.05) is 19.2 Å². The van der Waals surface area contributed by atoms with E-state index in [0.717, 1.165) is 0 Å². The van der Waals surface area contributed by atoms with Crippen LogP contribution in [-0.4, -0.2) is 36.2 Å². The van der Waals surface area contributed by atoms with E-state index in [1.54, 1.807) is 13.8 Å². The molecule has 0 bridgehead atoms. The van der Waals surface area contributed by atoms with E-state index < -0.39 is 11.9 Å². The number of hydrogen-bond acceptors (Lipinski definition) is 7. The number of aliphatic hydroxyl groups is 1. The Morgan fingerprint density at radius 2 is 1.12 bits per heavy atom. The molecule has 0 saturated heterocycles. The van der Waals surface area contributed by atoms with Crippen molar-refractivity contribution in [1.29, 1.82) is 0 Å². The summed E-state index contributed by atoms with van der Waals surface area (Å²) in [4.78, 5) is 18.3. The first-order valence-electron chi connectivity index (χ1n) is 3.75. The largest absolute Gasteiger partial charge is 1.00 e. The van der Waals surface area contributed by atoms with Gasteiger partial charge in [-0.2, -0.15) is 0 Å². The Kier molecular flexibility index (Phi) is 46.8. The van der Waals surface area contributed by atoms with E-state index in [4.69, 9.17) is 24.9 Å². The summed E-state index contributed by atoms with van der Waals surface area (Å²) in [5.41, 5.74) is 9.02. The van der Waals surface area contributed by atoms with Crippen molar-refractivity contribution in [3.63, 3.8) is 0 Å². The van der Waals surface area contributed by atoms with Gasteiger partial charge in [-0.25, -0.2) is 0 Å². The summed E-state index contributed by atoms with van der Waals surface area (Å²) in [6.45, 7) is 2.67. The number of aliphatic carboxylic acids is 2. The first kappa shape index (κ1) is 30.1. The SMILES string of the molecule is CC(C)O.NCC(=O)[O-].NCC(=O)[O-].[Na+].[Na+]. The summed E-state index contributed by atoms with van der Waals surface area (Å²) in [6, 6.07) is 0. The van der Waals surface area contributed by atoms with Gasteiger partial charge in [-0.05, 0) is 13.8 Å². The van der Waals surface area contributed by atoms with Gasteiger partial charge in [-0.3, -0.25) is 0 Å². The fourth-order valence-corrected chi connectivity index (χ4v) is 0. The third-order valence-electron chi connectivity index (χ3n) is 0.333. The molecule has 0 heterocycles. The van der Waals surface area contributed by atoms with E-state index in [1.807, 2.05) is 0 Å². The minimum absolute atomic E-state index is 0. The molecule has 0 spiro atoms. The summed E-state index contributed by atoms with van der Waals surface area (Å²) in [7, 11) is 0. The quantitative estimate of drug-likeness (QED) is 0.413. The fraction of sp³-hybridized carbons (Fsp3) is 0.714. The van der Waals surface area contributed by atoms with Gasteiger partial charge in [0.25, 0.3) is 0 Å². The molecule has 0 aliphatic carbocycles. The number of carbonyl (C=O) groups excluding carboxylic acids is 2. The van der Waals surface area contributed by atoms with Crippen LogP contribution in [0.5, 0.6) is 0 Å². The molecule has 0 aliphatic rings. The number of carboxylic acid groups (broad SMARTS) is 2. The predicted octanol–water partition coefficient (Wildman–Crippen LogP) is -10.2. The molecule has 0 saturated carbocycles. The van der Waals surface area contributed by atoms with Crippen LogP contribution < -0.4 is 80.8 Å². The van der Waals surface area contributed by atoms with Crippen molar-refractivity contribution in [2.24, 2.45) is 11.5 Å². The van der Waals surface area contributed by atoms with Gasteiger partial charge in [0.15, 0.2) is 0 Å². The molecule has 0 aromatic heterocycles. The number of carbonyl (C=O) groups is 2. The number of rotatable bonds is 2. The fourth-order valence-electron chi connectivity index (χ4n) is 0. The Morgan fingerprint density at radius 1 is 1.06 bits per heavy atom. The van der Waals surface area contributed by atoms with E-state index >= 15 is 0 Å². The zero-order chi connectivity index (χ0) is 12.1. The van der Waals surface area contributed by atoms with Gasteiger partial charge in [-0.1, -0.05) is 0 Å². The monoisotopic (exact) mass is 254 g/mol. The number of aliphatic hydroxyl groups excluding tert-OH is 1. The molecule has 86 valence electrons. The van der Waals surface area contributed by atoms with Crippen molar-refractivity contribution >= 4 is 11.9 Å². The van der Waals surface area contributed by atoms with E-state index in [0.29, 0.717) is 0 Å². The molecule has 0 aromatic carbocycles. The summed E-state index contributed by atoms with van der Waals surface area (Å²) in [5.74, 6) is -2.44. The van der Waals surface area contributed by atoms with Crippen LogP contribution in [0.1, 0.15) is 13.8 Å². The van der Waals surface area contributed by atoms with E-state index in [-0.39, 0.29) is 78.3 Å². The molecule has 0 aromatic rings. The second-order valence-electron chi connectivity index (χ2n) is 2.25. The van der Waals surface area contributed by atoms with Crippen molar-refractivity contribution < 1.29 is 84.0 Å². The average molecular weight is 254 g/mol. The molecule has 16 heavy (non-hydrogen) atoms. The molecule has 0 unspecified atom stereocenters. The Bertz CT molecular complexity index is 141.